The van der Waals surface area contributed by atoms with Crippen LogP contribution in [0.15, 0.2) is 103 Å². The van der Waals surface area contributed by atoms with E-state index in [0.717, 1.165) is 8.58 Å². The molecule has 0 spiro atoms. The number of carbonyl (C=O) groups excluding carboxylic acids is 4. The number of hydrazine groups is 1. The quantitative estimate of drug-likeness (QED) is 0.123. The number of allylic oxidation sites excluding steroid dienone is 2. The van der Waals surface area contributed by atoms with Crippen molar-refractivity contribution in [3.05, 3.63) is 128 Å². The SMILES string of the molecule is COc1cccc([C@H]2C3=CC[C@@H]4C(=O)N(c5ccc(I)cc5)C(=O)[C@@H]4[C@@H]3C[C@H]3C(=O)N(Nc4ccc(F)cc4)C(=O)[C@@]23c2ccc(Cl)cc2)c1O. The molecule has 2 aliphatic heterocycles. The number of aromatic hydroxyl groups is 1. The smallest absolute Gasteiger partial charge is 0.260 e. The molecule has 9 nitrogen and oxygen atoms in total. The van der Waals surface area contributed by atoms with Gasteiger partial charge in [0.15, 0.2) is 11.5 Å². The van der Waals surface area contributed by atoms with Gasteiger partial charge in [-0.2, -0.15) is 5.01 Å². The van der Waals surface area contributed by atoms with Gasteiger partial charge in [0, 0.05) is 20.1 Å². The second kappa shape index (κ2) is 12.5. The molecular weight excluding hydrogens is 788 g/mol. The maximum atomic E-state index is 15.2. The summed E-state index contributed by atoms with van der Waals surface area (Å²) in [6, 6.07) is 24.1. The number of hydrogen-bond acceptors (Lipinski definition) is 7. The first kappa shape index (κ1) is 33.4. The van der Waals surface area contributed by atoms with Crippen LogP contribution in [0.3, 0.4) is 0 Å². The first-order valence-corrected chi connectivity index (χ1v) is 17.9. The number of imide groups is 2. The predicted molar refractivity (Wildman–Crippen MR) is 195 cm³/mol. The number of methoxy groups -OCH3 is 1. The Morgan fingerprint density at radius 1 is 0.902 bits per heavy atom. The average Bonchev–Trinajstić information content (AvgIpc) is 3.51. The Morgan fingerprint density at radius 3 is 2.29 bits per heavy atom. The highest BCUT2D eigenvalue weighted by Gasteiger charge is 2.70. The first-order valence-electron chi connectivity index (χ1n) is 16.4. The molecule has 2 saturated heterocycles. The van der Waals surface area contributed by atoms with Crippen molar-refractivity contribution in [3.8, 4) is 11.5 Å². The fourth-order valence-corrected chi connectivity index (χ4v) is 9.27. The van der Waals surface area contributed by atoms with E-state index >= 15 is 4.79 Å². The fourth-order valence-electron chi connectivity index (χ4n) is 8.78. The topological polar surface area (TPSA) is 116 Å². The molecule has 258 valence electrons. The zero-order chi connectivity index (χ0) is 35.8. The number of halogens is 3. The molecule has 0 radical (unpaired) electrons. The molecule has 0 unspecified atom stereocenters. The molecule has 1 saturated carbocycles. The lowest BCUT2D eigenvalue weighted by atomic mass is 9.49. The summed E-state index contributed by atoms with van der Waals surface area (Å²) >= 11 is 8.51. The zero-order valence-corrected chi connectivity index (χ0v) is 30.0. The van der Waals surface area contributed by atoms with Crippen LogP contribution < -0.4 is 15.1 Å². The number of nitrogens with one attached hydrogen (secondary N) is 1. The van der Waals surface area contributed by atoms with Gasteiger partial charge in [0.1, 0.15) is 5.82 Å². The Balaban J connectivity index is 1.34. The van der Waals surface area contributed by atoms with Crippen molar-refractivity contribution < 1.29 is 33.4 Å². The number of hydrogen-bond donors (Lipinski definition) is 2. The van der Waals surface area contributed by atoms with Gasteiger partial charge in [-0.3, -0.25) is 29.5 Å². The highest BCUT2D eigenvalue weighted by atomic mass is 127. The second-order valence-electron chi connectivity index (χ2n) is 13.3. The predicted octanol–water partition coefficient (Wildman–Crippen LogP) is 6.99. The van der Waals surface area contributed by atoms with E-state index in [0.29, 0.717) is 33.1 Å². The van der Waals surface area contributed by atoms with Gasteiger partial charge in [0.05, 0.1) is 41.7 Å². The largest absolute Gasteiger partial charge is 0.504 e. The highest BCUT2D eigenvalue weighted by Crippen LogP contribution is 2.65. The number of benzene rings is 4. The number of nitrogens with zero attached hydrogens (tertiary/aromatic N) is 2. The summed E-state index contributed by atoms with van der Waals surface area (Å²) < 4.78 is 20.3. The molecule has 2 heterocycles. The Kier molecular flexibility index (Phi) is 8.17. The Bertz CT molecular complexity index is 2140. The van der Waals surface area contributed by atoms with Crippen LogP contribution in [0.5, 0.6) is 11.5 Å². The van der Waals surface area contributed by atoms with Crippen LogP contribution in [0.2, 0.25) is 5.02 Å². The number of phenols is 1. The van der Waals surface area contributed by atoms with Crippen LogP contribution in [-0.4, -0.2) is 40.9 Å². The first-order chi connectivity index (χ1) is 24.6. The molecule has 8 rings (SSSR count). The molecule has 2 N–H and O–H groups in total. The summed E-state index contributed by atoms with van der Waals surface area (Å²) in [7, 11) is 1.42. The van der Waals surface area contributed by atoms with Crippen LogP contribution in [0.1, 0.15) is 29.9 Å². The van der Waals surface area contributed by atoms with Gasteiger partial charge in [-0.25, -0.2) is 4.39 Å². The molecule has 12 heteroatoms. The molecule has 4 amide bonds. The zero-order valence-electron chi connectivity index (χ0n) is 27.1. The van der Waals surface area contributed by atoms with Crippen molar-refractivity contribution in [2.45, 2.75) is 24.2 Å². The molecule has 0 aromatic heterocycles. The van der Waals surface area contributed by atoms with Gasteiger partial charge in [-0.15, -0.1) is 0 Å². The summed E-state index contributed by atoms with van der Waals surface area (Å²) in [4.78, 5) is 59.6. The Hall–Kier alpha value is -4.75. The normalized spacial score (nSPS) is 26.8. The average molecular weight is 818 g/mol. The lowest BCUT2D eigenvalue weighted by molar-refractivity contribution is -0.138. The molecule has 4 aliphatic rings. The number of para-hydroxylation sites is 1. The van der Waals surface area contributed by atoms with E-state index in [1.165, 1.54) is 36.3 Å². The van der Waals surface area contributed by atoms with Crippen LogP contribution in [0, 0.1) is 33.1 Å². The molecule has 0 bridgehead atoms. The fraction of sp³-hybridized carbons (Fsp3) is 0.231. The van der Waals surface area contributed by atoms with Gasteiger partial charge in [-0.1, -0.05) is 47.5 Å². The molecule has 6 atom stereocenters. The van der Waals surface area contributed by atoms with E-state index in [2.05, 4.69) is 28.0 Å². The van der Waals surface area contributed by atoms with Gasteiger partial charge in [-0.05, 0) is 114 Å². The van der Waals surface area contributed by atoms with Crippen molar-refractivity contribution in [1.29, 1.82) is 0 Å². The number of amides is 4. The van der Waals surface area contributed by atoms with E-state index in [4.69, 9.17) is 16.3 Å². The number of fused-ring (bicyclic) bond motifs is 4. The van der Waals surface area contributed by atoms with Crippen molar-refractivity contribution in [1.82, 2.24) is 5.01 Å². The van der Waals surface area contributed by atoms with Crippen LogP contribution >= 0.6 is 34.2 Å². The van der Waals surface area contributed by atoms with E-state index < -0.39 is 52.6 Å². The standard InChI is InChI=1S/C39H30ClFIN3O6/c1-51-31-4-2-3-28(34(31)46)33-26-17-18-27-32(37(49)44(35(27)47)25-15-11-23(42)12-16-25)29(26)19-30-36(48)45(43-24-13-9-22(41)10-14-24)38(50)39(30,33)20-5-7-21(40)8-6-20/h2-17,27,29-30,32-33,43,46H,18-19H2,1H3/t27-,29+,30-,32-,33+,39+/m0/s1. The van der Waals surface area contributed by atoms with E-state index in [1.54, 1.807) is 54.6 Å². The third-order valence-corrected chi connectivity index (χ3v) is 11.9. The van der Waals surface area contributed by atoms with Crippen molar-refractivity contribution in [3.63, 3.8) is 0 Å². The highest BCUT2D eigenvalue weighted by molar-refractivity contribution is 14.1. The van der Waals surface area contributed by atoms with Crippen molar-refractivity contribution in [2.75, 3.05) is 17.4 Å². The van der Waals surface area contributed by atoms with E-state index in [-0.39, 0.29) is 36.2 Å². The summed E-state index contributed by atoms with van der Waals surface area (Å²) in [6.07, 6.45) is 2.21. The summed E-state index contributed by atoms with van der Waals surface area (Å²) in [6.45, 7) is 0. The summed E-state index contributed by atoms with van der Waals surface area (Å²) in [5.74, 6) is -6.48. The minimum atomic E-state index is -1.63. The van der Waals surface area contributed by atoms with Crippen LogP contribution in [-0.2, 0) is 24.6 Å². The number of carbonyl (C=O) groups is 4. The van der Waals surface area contributed by atoms with Crippen LogP contribution in [0.4, 0.5) is 15.8 Å². The van der Waals surface area contributed by atoms with Crippen molar-refractivity contribution >= 4 is 69.2 Å². The second-order valence-corrected chi connectivity index (χ2v) is 14.9. The maximum absolute atomic E-state index is 15.2. The minimum absolute atomic E-state index is 0.0720. The van der Waals surface area contributed by atoms with Crippen LogP contribution in [0.25, 0.3) is 0 Å². The lowest BCUT2D eigenvalue weighted by Gasteiger charge is -2.50. The van der Waals surface area contributed by atoms with Gasteiger partial charge in [0.25, 0.3) is 11.8 Å². The Morgan fingerprint density at radius 2 is 1.61 bits per heavy atom. The van der Waals surface area contributed by atoms with Gasteiger partial charge >= 0.3 is 0 Å². The number of anilines is 2. The third kappa shape index (κ3) is 4.99. The molecule has 2 aliphatic carbocycles. The molecule has 3 fully saturated rings. The number of phenolic OH excluding ortho intramolecular Hbond substituents is 1. The molecule has 4 aromatic carbocycles. The molecule has 4 aromatic rings. The van der Waals surface area contributed by atoms with Gasteiger partial charge < -0.3 is 9.84 Å². The Labute approximate surface area is 311 Å². The number of ether oxygens (including phenoxy) is 1. The lowest BCUT2D eigenvalue weighted by Crippen LogP contribution is -2.53. The van der Waals surface area contributed by atoms with E-state index in [9.17, 15) is 23.9 Å². The molecule has 51 heavy (non-hydrogen) atoms. The minimum Gasteiger partial charge on any atom is -0.504 e. The monoisotopic (exact) mass is 817 g/mol. The van der Waals surface area contributed by atoms with E-state index in [1.807, 2.05) is 18.2 Å². The third-order valence-electron chi connectivity index (χ3n) is 10.9. The van der Waals surface area contributed by atoms with Gasteiger partial charge in [0.2, 0.25) is 11.8 Å². The number of rotatable bonds is 6. The molecular formula is C39H30ClFIN3O6. The summed E-state index contributed by atoms with van der Waals surface area (Å²) in [5.41, 5.74) is 3.57. The van der Waals surface area contributed by atoms with Crippen molar-refractivity contribution in [2.24, 2.45) is 23.7 Å². The summed E-state index contributed by atoms with van der Waals surface area (Å²) in [5, 5.41) is 13.2. The maximum Gasteiger partial charge on any atom is 0.260 e.